The summed E-state index contributed by atoms with van der Waals surface area (Å²) in [5.74, 6) is 0.574. The van der Waals surface area contributed by atoms with Crippen LogP contribution in [0.2, 0.25) is 0 Å². The van der Waals surface area contributed by atoms with E-state index < -0.39 is 5.97 Å². The van der Waals surface area contributed by atoms with Crippen LogP contribution in [0.15, 0.2) is 66.7 Å². The first kappa shape index (κ1) is 17.7. The molecule has 1 saturated carbocycles. The highest BCUT2D eigenvalue weighted by atomic mass is 16.7. The fraction of sp³-hybridized carbons (Fsp3) is 0.304. The average Bonchev–Trinajstić information content (AvgIpc) is 3.32. The molecular weight excluding hydrogens is 338 g/mol. The molecule has 2 aliphatic rings. The molecular formula is C23H23NO3+. The molecule has 27 heavy (non-hydrogen) atoms. The van der Waals surface area contributed by atoms with Crippen molar-refractivity contribution in [2.24, 2.45) is 17.8 Å². The molecule has 1 fully saturated rings. The van der Waals surface area contributed by atoms with Crippen LogP contribution in [-0.2, 0) is 4.84 Å². The molecule has 0 heterocycles. The Balaban J connectivity index is 1.36. The van der Waals surface area contributed by atoms with Gasteiger partial charge in [-0.05, 0) is 61.4 Å². The van der Waals surface area contributed by atoms with Gasteiger partial charge in [0.1, 0.15) is 5.92 Å². The summed E-state index contributed by atoms with van der Waals surface area (Å²) in [4.78, 5) is 30.2. The number of nitrogens with one attached hydrogen (secondary N) is 1. The van der Waals surface area contributed by atoms with Crippen molar-refractivity contribution in [2.45, 2.75) is 25.8 Å². The van der Waals surface area contributed by atoms with E-state index in [1.165, 1.54) is 0 Å². The van der Waals surface area contributed by atoms with Crippen molar-refractivity contribution in [1.82, 2.24) is 5.48 Å². The lowest BCUT2D eigenvalue weighted by molar-refractivity contribution is 0.0169. The third-order valence-electron chi connectivity index (χ3n) is 5.70. The topological polar surface area (TPSA) is 58.2 Å². The molecule has 1 radical (unpaired) electrons. The number of hydrogen-bond acceptors (Lipinski definition) is 4. The van der Waals surface area contributed by atoms with E-state index in [1.54, 1.807) is 24.3 Å². The van der Waals surface area contributed by atoms with Gasteiger partial charge >= 0.3 is 11.8 Å². The number of ketones is 1. The number of benzene rings is 2. The van der Waals surface area contributed by atoms with Crippen LogP contribution in [0.3, 0.4) is 0 Å². The van der Waals surface area contributed by atoms with Crippen molar-refractivity contribution in [3.05, 3.63) is 83.4 Å². The maximum absolute atomic E-state index is 12.8. The summed E-state index contributed by atoms with van der Waals surface area (Å²) in [6, 6.07) is 16.4. The number of rotatable bonds is 6. The molecule has 1 unspecified atom stereocenters. The third-order valence-corrected chi connectivity index (χ3v) is 5.70. The van der Waals surface area contributed by atoms with Crippen LogP contribution in [-0.4, -0.2) is 11.8 Å². The molecule has 4 rings (SSSR count). The van der Waals surface area contributed by atoms with Crippen molar-refractivity contribution < 1.29 is 14.4 Å². The second-order valence-corrected chi connectivity index (χ2v) is 7.40. The van der Waals surface area contributed by atoms with E-state index in [0.717, 1.165) is 18.4 Å². The van der Waals surface area contributed by atoms with Gasteiger partial charge in [0.15, 0.2) is 0 Å². The molecule has 0 aliphatic heterocycles. The molecule has 4 nitrogen and oxygen atoms in total. The number of carbonyl (C=O) groups is 2. The number of Topliss-reactive ketones (excluding diaryl/α,β-unsaturated/α-hetero) is 1. The van der Waals surface area contributed by atoms with Crippen LogP contribution in [0.5, 0.6) is 0 Å². The van der Waals surface area contributed by atoms with E-state index in [-0.39, 0.29) is 17.7 Å². The molecule has 2 aromatic rings. The van der Waals surface area contributed by atoms with Crippen molar-refractivity contribution in [1.29, 1.82) is 0 Å². The van der Waals surface area contributed by atoms with Crippen molar-refractivity contribution in [3.8, 4) is 0 Å². The Bertz CT molecular complexity index is 843. The zero-order chi connectivity index (χ0) is 18.8. The van der Waals surface area contributed by atoms with Gasteiger partial charge < -0.3 is 4.84 Å². The smallest absolute Gasteiger partial charge is 0.366 e. The van der Waals surface area contributed by atoms with Crippen molar-refractivity contribution in [3.63, 3.8) is 0 Å². The van der Waals surface area contributed by atoms with Crippen LogP contribution in [0, 0.1) is 17.8 Å². The number of allylic oxidation sites excluding steroid dienone is 2. The third kappa shape index (κ3) is 3.58. The second-order valence-electron chi connectivity index (χ2n) is 7.40. The summed E-state index contributed by atoms with van der Waals surface area (Å²) >= 11 is 0. The molecule has 4 atom stereocenters. The highest BCUT2D eigenvalue weighted by Crippen LogP contribution is 2.45. The average molecular weight is 361 g/mol. The van der Waals surface area contributed by atoms with Gasteiger partial charge in [0.2, 0.25) is 4.79 Å². The Morgan fingerprint density at radius 3 is 2.19 bits per heavy atom. The Morgan fingerprint density at radius 1 is 1.00 bits per heavy atom. The highest BCUT2D eigenvalue weighted by Gasteiger charge is 2.49. The number of hydroxylamine groups is 1. The predicted molar refractivity (Wildman–Crippen MR) is 103 cm³/mol. The lowest BCUT2D eigenvalue weighted by Crippen LogP contribution is -2.23. The highest BCUT2D eigenvalue weighted by molar-refractivity contribution is 6.00. The Hall–Kier alpha value is -2.72. The van der Waals surface area contributed by atoms with Crippen LogP contribution in [0.25, 0.3) is 0 Å². The Labute approximate surface area is 159 Å². The standard InChI is InChI=1S/C23H23NO3/c1-15(16-5-3-2-4-6-16)24-27-23(26)20-13-11-19(12-14-20)22(25)21-17-7-8-18(21)10-9-17/h2-8,11-15,17-18,21,24H,9-10H2,1H3/q+1/t15-,17-,18+,21?/m1/s1. The first-order valence-electron chi connectivity index (χ1n) is 9.48. The van der Waals surface area contributed by atoms with E-state index in [2.05, 4.69) is 17.6 Å². The summed E-state index contributed by atoms with van der Waals surface area (Å²) in [5, 5.41) is 0. The fourth-order valence-corrected chi connectivity index (χ4v) is 4.14. The minimum atomic E-state index is -0.459. The zero-order valence-electron chi connectivity index (χ0n) is 15.3. The summed E-state index contributed by atoms with van der Waals surface area (Å²) in [6.07, 6.45) is 6.57. The summed E-state index contributed by atoms with van der Waals surface area (Å²) in [7, 11) is 0. The zero-order valence-corrected chi connectivity index (χ0v) is 15.3. The minimum Gasteiger partial charge on any atom is -0.366 e. The molecule has 0 aromatic heterocycles. The van der Waals surface area contributed by atoms with Gasteiger partial charge in [0, 0.05) is 0 Å². The fourth-order valence-electron chi connectivity index (χ4n) is 4.14. The molecule has 0 spiro atoms. The van der Waals surface area contributed by atoms with E-state index >= 15 is 0 Å². The number of hydrogen-bond donors (Lipinski definition) is 1. The lowest BCUT2D eigenvalue weighted by atomic mass is 9.88. The SMILES string of the molecule is C[C@@H](NOC(=O)c1ccc(C(=[O+])C2[C@@H]3C=C[C@H]2CC3)cc1)c1ccccc1. The van der Waals surface area contributed by atoms with Gasteiger partial charge in [0.05, 0.1) is 17.2 Å². The molecule has 137 valence electrons. The molecule has 2 bridgehead atoms. The van der Waals surface area contributed by atoms with E-state index in [4.69, 9.17) is 4.84 Å². The molecule has 0 amide bonds. The quantitative estimate of drug-likeness (QED) is 0.356. The molecule has 1 N–H and O–H groups in total. The normalized spacial score (nSPS) is 24.0. The number of carbonyl (C=O) groups excluding carboxylic acids is 2. The van der Waals surface area contributed by atoms with Gasteiger partial charge in [-0.2, -0.15) is 0 Å². The van der Waals surface area contributed by atoms with Gasteiger partial charge in [-0.1, -0.05) is 42.5 Å². The van der Waals surface area contributed by atoms with Crippen LogP contribution in [0.4, 0.5) is 0 Å². The van der Waals surface area contributed by atoms with E-state index in [0.29, 0.717) is 23.0 Å². The summed E-state index contributed by atoms with van der Waals surface area (Å²) in [5.41, 5.74) is 4.90. The second kappa shape index (κ2) is 7.49. The minimum absolute atomic E-state index is 0.0798. The lowest BCUT2D eigenvalue weighted by Gasteiger charge is -2.13. The number of fused-ring (bicyclic) bond motifs is 2. The first-order chi connectivity index (χ1) is 13.1. The van der Waals surface area contributed by atoms with Gasteiger partial charge in [-0.3, -0.25) is 0 Å². The van der Waals surface area contributed by atoms with Crippen molar-refractivity contribution in [2.75, 3.05) is 0 Å². The Morgan fingerprint density at radius 2 is 1.59 bits per heavy atom. The van der Waals surface area contributed by atoms with Crippen LogP contribution >= 0.6 is 0 Å². The largest absolute Gasteiger partial charge is 0.478 e. The van der Waals surface area contributed by atoms with Crippen LogP contribution < -0.4 is 5.48 Å². The molecule has 2 aliphatic carbocycles. The first-order valence-corrected chi connectivity index (χ1v) is 9.48. The summed E-state index contributed by atoms with van der Waals surface area (Å²) < 4.78 is 0. The molecule has 4 heteroatoms. The van der Waals surface area contributed by atoms with Gasteiger partial charge in [0.25, 0.3) is 0 Å². The van der Waals surface area contributed by atoms with Crippen molar-refractivity contribution >= 4 is 11.8 Å². The van der Waals surface area contributed by atoms with Gasteiger partial charge in [-0.15, -0.1) is 5.48 Å². The molecule has 2 aromatic carbocycles. The van der Waals surface area contributed by atoms with Crippen LogP contribution in [0.1, 0.15) is 52.1 Å². The monoisotopic (exact) mass is 361 g/mol. The maximum Gasteiger partial charge on any atom is 0.478 e. The molecule has 0 saturated heterocycles. The van der Waals surface area contributed by atoms with E-state index in [1.807, 2.05) is 37.3 Å². The maximum atomic E-state index is 12.8. The van der Waals surface area contributed by atoms with Gasteiger partial charge in [-0.25, -0.2) is 4.79 Å². The summed E-state index contributed by atoms with van der Waals surface area (Å²) in [6.45, 7) is 1.92. The Kier molecular flexibility index (Phi) is 4.90. The van der Waals surface area contributed by atoms with E-state index in [9.17, 15) is 9.59 Å². The predicted octanol–water partition coefficient (Wildman–Crippen LogP) is 4.50.